The molecule has 0 aliphatic carbocycles. The van der Waals surface area contributed by atoms with Crippen molar-refractivity contribution < 1.29 is 4.39 Å². The molecule has 84 valence electrons. The topological polar surface area (TPSA) is 40.7 Å². The Labute approximate surface area is 97.5 Å². The minimum atomic E-state index is -0.192. The number of halogens is 1. The van der Waals surface area contributed by atoms with E-state index in [-0.39, 0.29) is 5.82 Å². The summed E-state index contributed by atoms with van der Waals surface area (Å²) < 4.78 is 13.4. The van der Waals surface area contributed by atoms with E-state index in [9.17, 15) is 4.39 Å². The summed E-state index contributed by atoms with van der Waals surface area (Å²) in [5.74, 6) is -0.192. The zero-order valence-electron chi connectivity index (χ0n) is 8.83. The second-order valence-corrected chi connectivity index (χ2v) is 4.13. The largest absolute Gasteiger partial charge is 0.379 e. The van der Waals surface area contributed by atoms with Crippen molar-refractivity contribution in [2.24, 2.45) is 0 Å². The van der Waals surface area contributed by atoms with Gasteiger partial charge in [-0.2, -0.15) is 0 Å². The van der Waals surface area contributed by atoms with E-state index < -0.39 is 0 Å². The molecule has 0 unspecified atom stereocenters. The van der Waals surface area contributed by atoms with Gasteiger partial charge in [0.05, 0.1) is 18.6 Å². The maximum absolute atomic E-state index is 13.4. The van der Waals surface area contributed by atoms with Gasteiger partial charge in [0, 0.05) is 16.8 Å². The van der Waals surface area contributed by atoms with Crippen LogP contribution in [0.3, 0.4) is 0 Å². The van der Waals surface area contributed by atoms with Gasteiger partial charge in [-0.3, -0.25) is 0 Å². The summed E-state index contributed by atoms with van der Waals surface area (Å²) >= 11 is 1.40. The molecule has 1 heterocycles. The van der Waals surface area contributed by atoms with Crippen LogP contribution < -0.4 is 5.32 Å². The van der Waals surface area contributed by atoms with E-state index in [0.717, 1.165) is 11.4 Å². The predicted octanol–water partition coefficient (Wildman–Crippen LogP) is 2.88. The smallest absolute Gasteiger partial charge is 0.138 e. The van der Waals surface area contributed by atoms with Crippen LogP contribution in [0.15, 0.2) is 35.6 Å². The molecule has 0 aliphatic rings. The fraction of sp³-hybridized carbons (Fsp3) is 0.182. The van der Waals surface area contributed by atoms with Crippen LogP contribution in [-0.4, -0.2) is 16.2 Å². The molecule has 0 fully saturated rings. The number of hydrogen-bond acceptors (Lipinski definition) is 3. The third kappa shape index (κ3) is 2.55. The van der Waals surface area contributed by atoms with Crippen LogP contribution in [0.25, 0.3) is 0 Å². The van der Waals surface area contributed by atoms with E-state index in [1.54, 1.807) is 18.6 Å². The zero-order chi connectivity index (χ0) is 11.4. The minimum Gasteiger partial charge on any atom is -0.379 e. The Kier molecular flexibility index (Phi) is 3.46. The Bertz CT molecular complexity index is 456. The second-order valence-electron chi connectivity index (χ2n) is 3.28. The van der Waals surface area contributed by atoms with E-state index >= 15 is 0 Å². The first kappa shape index (κ1) is 11.0. The van der Waals surface area contributed by atoms with E-state index in [1.165, 1.54) is 17.8 Å². The molecule has 0 radical (unpaired) electrons. The number of imidazole rings is 1. The van der Waals surface area contributed by atoms with Crippen molar-refractivity contribution in [1.82, 2.24) is 9.97 Å². The number of nitrogens with one attached hydrogen (secondary N) is 2. The van der Waals surface area contributed by atoms with Gasteiger partial charge in [0.1, 0.15) is 5.82 Å². The molecule has 0 aliphatic heterocycles. The molecule has 0 spiro atoms. The number of aromatic amines is 1. The number of nitrogens with zero attached hydrogens (tertiary/aromatic N) is 1. The van der Waals surface area contributed by atoms with E-state index in [1.807, 2.05) is 12.3 Å². The molecule has 3 nitrogen and oxygen atoms in total. The van der Waals surface area contributed by atoms with Gasteiger partial charge < -0.3 is 10.3 Å². The number of thioether (sulfide) groups is 1. The molecule has 0 atom stereocenters. The summed E-state index contributed by atoms with van der Waals surface area (Å²) in [7, 11) is 0. The highest BCUT2D eigenvalue weighted by Crippen LogP contribution is 2.22. The van der Waals surface area contributed by atoms with Crippen LogP contribution in [0.2, 0.25) is 0 Å². The lowest BCUT2D eigenvalue weighted by molar-refractivity contribution is 0.602. The Morgan fingerprint density at radius 2 is 2.38 bits per heavy atom. The fourth-order valence-corrected chi connectivity index (χ4v) is 1.81. The van der Waals surface area contributed by atoms with Gasteiger partial charge in [0.25, 0.3) is 0 Å². The summed E-state index contributed by atoms with van der Waals surface area (Å²) in [5, 5.41) is 3.12. The molecule has 5 heteroatoms. The van der Waals surface area contributed by atoms with Gasteiger partial charge in [-0.1, -0.05) is 0 Å². The highest BCUT2D eigenvalue weighted by Gasteiger charge is 2.02. The third-order valence-electron chi connectivity index (χ3n) is 2.19. The van der Waals surface area contributed by atoms with Crippen molar-refractivity contribution in [3.8, 4) is 0 Å². The standard InChI is InChI=1S/C11H12FN3S/c1-16-11-3-2-8(4-10(11)12)14-6-9-5-13-7-15-9/h2-5,7,14H,6H2,1H3,(H,13,15). The molecule has 1 aromatic heterocycles. The lowest BCUT2D eigenvalue weighted by Gasteiger charge is -2.06. The lowest BCUT2D eigenvalue weighted by atomic mass is 10.3. The summed E-state index contributed by atoms with van der Waals surface area (Å²) in [4.78, 5) is 7.54. The first-order valence-corrected chi connectivity index (χ1v) is 6.06. The molecule has 1 aromatic carbocycles. The quantitative estimate of drug-likeness (QED) is 0.803. The molecule has 2 rings (SSSR count). The van der Waals surface area contributed by atoms with Gasteiger partial charge in [-0.25, -0.2) is 9.37 Å². The molecular formula is C11H12FN3S. The third-order valence-corrected chi connectivity index (χ3v) is 2.96. The average Bonchev–Trinajstić information content (AvgIpc) is 2.79. The molecule has 0 saturated heterocycles. The van der Waals surface area contributed by atoms with Crippen molar-refractivity contribution in [2.45, 2.75) is 11.4 Å². The van der Waals surface area contributed by atoms with Gasteiger partial charge >= 0.3 is 0 Å². The molecule has 2 N–H and O–H groups in total. The van der Waals surface area contributed by atoms with Crippen LogP contribution in [0, 0.1) is 5.82 Å². The number of anilines is 1. The van der Waals surface area contributed by atoms with Crippen molar-refractivity contribution in [3.63, 3.8) is 0 Å². The maximum atomic E-state index is 13.4. The first-order chi connectivity index (χ1) is 7.79. The minimum absolute atomic E-state index is 0.192. The van der Waals surface area contributed by atoms with E-state index in [4.69, 9.17) is 0 Å². The van der Waals surface area contributed by atoms with Crippen LogP contribution in [0.5, 0.6) is 0 Å². The monoisotopic (exact) mass is 237 g/mol. The molecule has 16 heavy (non-hydrogen) atoms. The molecule has 0 amide bonds. The van der Waals surface area contributed by atoms with Crippen LogP contribution >= 0.6 is 11.8 Å². The van der Waals surface area contributed by atoms with Crippen LogP contribution in [0.1, 0.15) is 5.69 Å². The van der Waals surface area contributed by atoms with Crippen LogP contribution in [-0.2, 0) is 6.54 Å². The summed E-state index contributed by atoms with van der Waals surface area (Å²) in [6.07, 6.45) is 5.21. The Morgan fingerprint density at radius 1 is 1.50 bits per heavy atom. The van der Waals surface area contributed by atoms with Gasteiger partial charge in [0.2, 0.25) is 0 Å². The molecule has 0 bridgehead atoms. The van der Waals surface area contributed by atoms with Crippen molar-refractivity contribution >= 4 is 17.4 Å². The van der Waals surface area contributed by atoms with Crippen molar-refractivity contribution in [1.29, 1.82) is 0 Å². The highest BCUT2D eigenvalue weighted by molar-refractivity contribution is 7.98. The molecule has 0 saturated carbocycles. The normalized spacial score (nSPS) is 10.4. The van der Waals surface area contributed by atoms with E-state index in [0.29, 0.717) is 11.4 Å². The van der Waals surface area contributed by atoms with Gasteiger partial charge in [0.15, 0.2) is 0 Å². The van der Waals surface area contributed by atoms with Crippen molar-refractivity contribution in [2.75, 3.05) is 11.6 Å². The number of hydrogen-bond donors (Lipinski definition) is 2. The summed E-state index contributed by atoms with van der Waals surface area (Å²) in [6.45, 7) is 0.609. The highest BCUT2D eigenvalue weighted by atomic mass is 32.2. The molecule has 2 aromatic rings. The Balaban J connectivity index is 2.02. The SMILES string of the molecule is CSc1ccc(NCc2cnc[nH]2)cc1F. The Morgan fingerprint density at radius 3 is 3.00 bits per heavy atom. The molecular weight excluding hydrogens is 225 g/mol. The first-order valence-electron chi connectivity index (χ1n) is 4.84. The Hall–Kier alpha value is -1.49. The summed E-state index contributed by atoms with van der Waals surface area (Å²) in [5.41, 5.74) is 1.74. The predicted molar refractivity (Wildman–Crippen MR) is 64.1 cm³/mol. The average molecular weight is 237 g/mol. The number of aromatic nitrogens is 2. The fourth-order valence-electron chi connectivity index (χ4n) is 1.35. The number of benzene rings is 1. The lowest BCUT2D eigenvalue weighted by Crippen LogP contribution is -2.00. The maximum Gasteiger partial charge on any atom is 0.138 e. The number of rotatable bonds is 4. The second kappa shape index (κ2) is 5.03. The van der Waals surface area contributed by atoms with Crippen molar-refractivity contribution in [3.05, 3.63) is 42.2 Å². The van der Waals surface area contributed by atoms with Crippen LogP contribution in [0.4, 0.5) is 10.1 Å². The van der Waals surface area contributed by atoms with Gasteiger partial charge in [-0.05, 0) is 24.5 Å². The summed E-state index contributed by atoms with van der Waals surface area (Å²) in [6, 6.07) is 5.14. The van der Waals surface area contributed by atoms with Gasteiger partial charge in [-0.15, -0.1) is 11.8 Å². The number of H-pyrrole nitrogens is 1. The zero-order valence-corrected chi connectivity index (χ0v) is 9.64. The van der Waals surface area contributed by atoms with E-state index in [2.05, 4.69) is 15.3 Å².